The van der Waals surface area contributed by atoms with Crippen LogP contribution in [0.25, 0.3) is 0 Å². The van der Waals surface area contributed by atoms with E-state index in [4.69, 9.17) is 23.2 Å². The normalized spacial score (nSPS) is 11.4. The van der Waals surface area contributed by atoms with Crippen LogP contribution in [0.4, 0.5) is 5.69 Å². The molecule has 0 amide bonds. The highest BCUT2D eigenvalue weighted by atomic mass is 35.5. The molecule has 0 spiro atoms. The maximum absolute atomic E-state index is 12.1. The number of anilines is 1. The van der Waals surface area contributed by atoms with Gasteiger partial charge in [0.1, 0.15) is 5.15 Å². The third kappa shape index (κ3) is 4.56. The van der Waals surface area contributed by atoms with Crippen LogP contribution in [0, 0.1) is 6.92 Å². The van der Waals surface area contributed by atoms with E-state index in [9.17, 15) is 8.42 Å². The average molecular weight is 346 g/mol. The van der Waals surface area contributed by atoms with Crippen molar-refractivity contribution in [2.45, 2.75) is 13.3 Å². The van der Waals surface area contributed by atoms with Crippen LogP contribution in [0.5, 0.6) is 0 Å². The molecule has 0 aromatic carbocycles. The molecule has 0 aliphatic carbocycles. The predicted octanol–water partition coefficient (Wildman–Crippen LogP) is 3.08. The van der Waals surface area contributed by atoms with Crippen molar-refractivity contribution in [3.63, 3.8) is 0 Å². The first-order valence-corrected chi connectivity index (χ1v) is 8.51. The summed E-state index contributed by atoms with van der Waals surface area (Å²) >= 11 is 11.7. The Labute approximate surface area is 133 Å². The number of hydrogen-bond donors (Lipinski definition) is 1. The number of aryl methyl sites for hydroxylation is 2. The molecular weight excluding hydrogens is 333 g/mol. The standard InChI is InChI=1S/C13H13Cl2N3O2S/c1-9-8-11(14)17-13(15)12(9)18-21(19,20)7-5-10-4-2-3-6-16-10/h2-4,6,8,18H,5,7H2,1H3. The maximum Gasteiger partial charge on any atom is 0.233 e. The van der Waals surface area contributed by atoms with Gasteiger partial charge in [-0.2, -0.15) is 0 Å². The molecule has 0 aliphatic rings. The molecule has 0 aliphatic heterocycles. The van der Waals surface area contributed by atoms with E-state index in [0.29, 0.717) is 17.7 Å². The third-order valence-electron chi connectivity index (χ3n) is 2.75. The summed E-state index contributed by atoms with van der Waals surface area (Å²) in [4.78, 5) is 7.92. The molecule has 0 saturated carbocycles. The Bertz CT molecular complexity index is 713. The van der Waals surface area contributed by atoms with Gasteiger partial charge >= 0.3 is 0 Å². The molecule has 0 fully saturated rings. The number of sulfonamides is 1. The largest absolute Gasteiger partial charge is 0.280 e. The number of aromatic nitrogens is 2. The Morgan fingerprint density at radius 1 is 1.29 bits per heavy atom. The Kier molecular flexibility index (Phi) is 5.03. The molecule has 0 unspecified atom stereocenters. The molecule has 0 saturated heterocycles. The lowest BCUT2D eigenvalue weighted by atomic mass is 10.3. The highest BCUT2D eigenvalue weighted by molar-refractivity contribution is 7.92. The second kappa shape index (κ2) is 6.60. The molecule has 2 aromatic heterocycles. The number of nitrogens with one attached hydrogen (secondary N) is 1. The average Bonchev–Trinajstić information content (AvgIpc) is 2.42. The van der Waals surface area contributed by atoms with Crippen molar-refractivity contribution in [3.8, 4) is 0 Å². The zero-order valence-corrected chi connectivity index (χ0v) is 13.5. The number of hydrogen-bond acceptors (Lipinski definition) is 4. The van der Waals surface area contributed by atoms with Crippen molar-refractivity contribution in [3.05, 3.63) is 52.0 Å². The van der Waals surface area contributed by atoms with Crippen LogP contribution in [0.1, 0.15) is 11.3 Å². The molecular formula is C13H13Cl2N3O2S. The number of halogens is 2. The molecule has 8 heteroatoms. The van der Waals surface area contributed by atoms with Crippen LogP contribution < -0.4 is 4.72 Å². The highest BCUT2D eigenvalue weighted by Gasteiger charge is 2.16. The van der Waals surface area contributed by atoms with Gasteiger partial charge in [-0.1, -0.05) is 29.3 Å². The molecule has 2 rings (SSSR count). The van der Waals surface area contributed by atoms with Gasteiger partial charge < -0.3 is 0 Å². The van der Waals surface area contributed by atoms with Crippen molar-refractivity contribution in [1.82, 2.24) is 9.97 Å². The summed E-state index contributed by atoms with van der Waals surface area (Å²) in [5.41, 5.74) is 1.57. The number of rotatable bonds is 5. The minimum atomic E-state index is -3.55. The van der Waals surface area contributed by atoms with Crippen molar-refractivity contribution in [2.24, 2.45) is 0 Å². The third-order valence-corrected chi connectivity index (χ3v) is 4.48. The first-order chi connectivity index (χ1) is 9.87. The molecule has 0 bridgehead atoms. The summed E-state index contributed by atoms with van der Waals surface area (Å²) in [6.07, 6.45) is 1.94. The molecule has 21 heavy (non-hydrogen) atoms. The van der Waals surface area contributed by atoms with Crippen molar-refractivity contribution in [2.75, 3.05) is 10.5 Å². The van der Waals surface area contributed by atoms with Gasteiger partial charge in [0.15, 0.2) is 5.15 Å². The number of nitrogens with zero attached hydrogens (tertiary/aromatic N) is 2. The van der Waals surface area contributed by atoms with Gasteiger partial charge in [-0.3, -0.25) is 9.71 Å². The van der Waals surface area contributed by atoms with E-state index >= 15 is 0 Å². The van der Waals surface area contributed by atoms with Crippen molar-refractivity contribution >= 4 is 38.9 Å². The van der Waals surface area contributed by atoms with E-state index in [1.807, 2.05) is 6.07 Å². The van der Waals surface area contributed by atoms with Gasteiger partial charge in [0, 0.05) is 18.3 Å². The Balaban J connectivity index is 2.11. The first kappa shape index (κ1) is 16.0. The Morgan fingerprint density at radius 3 is 2.67 bits per heavy atom. The molecule has 0 atom stereocenters. The molecule has 2 aromatic rings. The molecule has 5 nitrogen and oxygen atoms in total. The minimum Gasteiger partial charge on any atom is -0.280 e. The van der Waals surface area contributed by atoms with Crippen LogP contribution in [-0.2, 0) is 16.4 Å². The zero-order valence-electron chi connectivity index (χ0n) is 11.2. The van der Waals surface area contributed by atoms with Gasteiger partial charge in [-0.15, -0.1) is 0 Å². The van der Waals surface area contributed by atoms with Gasteiger partial charge in [-0.25, -0.2) is 13.4 Å². The highest BCUT2D eigenvalue weighted by Crippen LogP contribution is 2.27. The second-order valence-electron chi connectivity index (χ2n) is 4.42. The SMILES string of the molecule is Cc1cc(Cl)nc(Cl)c1NS(=O)(=O)CCc1ccccn1. The summed E-state index contributed by atoms with van der Waals surface area (Å²) in [5, 5.41) is 0.246. The number of pyridine rings is 2. The summed E-state index contributed by atoms with van der Waals surface area (Å²) in [6, 6.07) is 6.91. The van der Waals surface area contributed by atoms with E-state index < -0.39 is 10.0 Å². The summed E-state index contributed by atoms with van der Waals surface area (Å²) < 4.78 is 26.7. The topological polar surface area (TPSA) is 72.0 Å². The summed E-state index contributed by atoms with van der Waals surface area (Å²) in [5.74, 6) is -0.0948. The van der Waals surface area contributed by atoms with Crippen LogP contribution in [0.2, 0.25) is 10.3 Å². The quantitative estimate of drug-likeness (QED) is 0.845. The predicted molar refractivity (Wildman–Crippen MR) is 84.3 cm³/mol. The Hall–Kier alpha value is -1.37. The van der Waals surface area contributed by atoms with Crippen LogP contribution >= 0.6 is 23.2 Å². The molecule has 0 radical (unpaired) electrons. The molecule has 2 heterocycles. The fourth-order valence-electron chi connectivity index (χ4n) is 1.71. The van der Waals surface area contributed by atoms with E-state index in [1.54, 1.807) is 31.3 Å². The first-order valence-electron chi connectivity index (χ1n) is 6.10. The molecule has 1 N–H and O–H groups in total. The van der Waals surface area contributed by atoms with Gasteiger partial charge in [0.25, 0.3) is 0 Å². The van der Waals surface area contributed by atoms with E-state index in [0.717, 1.165) is 0 Å². The van der Waals surface area contributed by atoms with Crippen LogP contribution in [0.3, 0.4) is 0 Å². The van der Waals surface area contributed by atoms with Crippen molar-refractivity contribution < 1.29 is 8.42 Å². The minimum absolute atomic E-state index is 0.0291. The lowest BCUT2D eigenvalue weighted by Crippen LogP contribution is -2.19. The summed E-state index contributed by atoms with van der Waals surface area (Å²) in [6.45, 7) is 1.70. The van der Waals surface area contributed by atoms with Gasteiger partial charge in [0.2, 0.25) is 10.0 Å². The monoisotopic (exact) mass is 345 g/mol. The fourth-order valence-corrected chi connectivity index (χ4v) is 3.49. The van der Waals surface area contributed by atoms with Crippen LogP contribution in [-0.4, -0.2) is 24.1 Å². The lowest BCUT2D eigenvalue weighted by molar-refractivity contribution is 0.600. The van der Waals surface area contributed by atoms with E-state index in [2.05, 4.69) is 14.7 Å². The van der Waals surface area contributed by atoms with Gasteiger partial charge in [-0.05, 0) is 30.7 Å². The Morgan fingerprint density at radius 2 is 2.05 bits per heavy atom. The second-order valence-corrected chi connectivity index (χ2v) is 7.01. The van der Waals surface area contributed by atoms with E-state index in [1.165, 1.54) is 0 Å². The summed E-state index contributed by atoms with van der Waals surface area (Å²) in [7, 11) is -3.55. The van der Waals surface area contributed by atoms with Crippen LogP contribution in [0.15, 0.2) is 30.5 Å². The fraction of sp³-hybridized carbons (Fsp3) is 0.231. The van der Waals surface area contributed by atoms with Crippen molar-refractivity contribution in [1.29, 1.82) is 0 Å². The zero-order chi connectivity index (χ0) is 15.5. The van der Waals surface area contributed by atoms with E-state index in [-0.39, 0.29) is 21.7 Å². The molecule has 112 valence electrons. The van der Waals surface area contributed by atoms with Gasteiger partial charge in [0.05, 0.1) is 11.4 Å². The maximum atomic E-state index is 12.1. The lowest BCUT2D eigenvalue weighted by Gasteiger charge is -2.11. The smallest absolute Gasteiger partial charge is 0.233 e.